The van der Waals surface area contributed by atoms with Crippen LogP contribution in [0.3, 0.4) is 0 Å². The van der Waals surface area contributed by atoms with Crippen molar-refractivity contribution in [2.75, 3.05) is 10.6 Å². The average molecular weight is 401 g/mol. The molecule has 0 saturated heterocycles. The zero-order chi connectivity index (χ0) is 19.8. The van der Waals surface area contributed by atoms with Crippen molar-refractivity contribution in [1.82, 2.24) is 0 Å². The molecule has 2 heterocycles. The highest BCUT2D eigenvalue weighted by Gasteiger charge is 2.36. The molecule has 5 rings (SSSR count). The molecular formula is C25H24N2OS. The van der Waals surface area contributed by atoms with E-state index in [0.717, 1.165) is 41.1 Å². The number of carbonyl (C=O) groups excluding carboxylic acids is 1. The zero-order valence-corrected chi connectivity index (χ0v) is 17.3. The molecule has 0 fully saturated rings. The topological polar surface area (TPSA) is 41.1 Å². The lowest BCUT2D eigenvalue weighted by Gasteiger charge is -2.29. The largest absolute Gasteiger partial charge is 0.372 e. The van der Waals surface area contributed by atoms with Crippen molar-refractivity contribution in [1.29, 1.82) is 0 Å². The number of carbonyl (C=O) groups is 1. The summed E-state index contributed by atoms with van der Waals surface area (Å²) in [6, 6.07) is 21.0. The molecule has 0 amide bonds. The van der Waals surface area contributed by atoms with E-state index in [1.54, 1.807) is 11.3 Å². The Kier molecular flexibility index (Phi) is 4.72. The third kappa shape index (κ3) is 3.38. The number of fused-ring (bicyclic) bond motifs is 1. The quantitative estimate of drug-likeness (QED) is 0.543. The standard InChI is InChI=1S/C25H24N2OS/c1-2-16-9-11-17(12-10-16)25-24-21(26-19-6-3-4-7-20(19)27-25)14-18(15-22(24)28)23-8-5-13-29-23/h3-13,18,25-27H,2,14-15H2,1H3/t18-,25+/m0/s1. The third-order valence-corrected chi connectivity index (χ3v) is 7.01. The lowest BCUT2D eigenvalue weighted by Crippen LogP contribution is -2.26. The van der Waals surface area contributed by atoms with Crippen LogP contribution in [0.25, 0.3) is 0 Å². The van der Waals surface area contributed by atoms with Crippen LogP contribution in [0.15, 0.2) is 77.3 Å². The molecule has 0 saturated carbocycles. The Bertz CT molecular complexity index is 1070. The Hall–Kier alpha value is -2.85. The fourth-order valence-corrected chi connectivity index (χ4v) is 5.24. The van der Waals surface area contributed by atoms with Gasteiger partial charge in [0.2, 0.25) is 0 Å². The normalized spacial score (nSPS) is 20.9. The predicted molar refractivity (Wildman–Crippen MR) is 121 cm³/mol. The fourth-order valence-electron chi connectivity index (χ4n) is 4.41. The third-order valence-electron chi connectivity index (χ3n) is 5.98. The van der Waals surface area contributed by atoms with E-state index in [2.05, 4.69) is 71.5 Å². The van der Waals surface area contributed by atoms with Crippen LogP contribution in [0.5, 0.6) is 0 Å². The number of hydrogen-bond acceptors (Lipinski definition) is 4. The second-order valence-electron chi connectivity index (χ2n) is 7.78. The SMILES string of the molecule is CCc1ccc([C@H]2Nc3ccccc3NC3=C2C(=O)C[C@@H](c2cccs2)C3)cc1. The van der Waals surface area contributed by atoms with Crippen LogP contribution in [0, 0.1) is 0 Å². The highest BCUT2D eigenvalue weighted by molar-refractivity contribution is 7.10. The Morgan fingerprint density at radius 1 is 0.966 bits per heavy atom. The molecule has 2 N–H and O–H groups in total. The second kappa shape index (κ2) is 7.53. The van der Waals surface area contributed by atoms with Crippen molar-refractivity contribution >= 4 is 28.5 Å². The van der Waals surface area contributed by atoms with E-state index < -0.39 is 0 Å². The van der Waals surface area contributed by atoms with Gasteiger partial charge in [0, 0.05) is 28.5 Å². The van der Waals surface area contributed by atoms with E-state index in [9.17, 15) is 4.79 Å². The molecule has 2 aromatic carbocycles. The van der Waals surface area contributed by atoms with Gasteiger partial charge in [-0.2, -0.15) is 0 Å². The summed E-state index contributed by atoms with van der Waals surface area (Å²) < 4.78 is 0. The predicted octanol–water partition coefficient (Wildman–Crippen LogP) is 6.29. The summed E-state index contributed by atoms with van der Waals surface area (Å²) in [6.07, 6.45) is 2.45. The first-order chi connectivity index (χ1) is 14.2. The molecule has 2 atom stereocenters. The van der Waals surface area contributed by atoms with E-state index in [1.165, 1.54) is 10.4 Å². The van der Waals surface area contributed by atoms with Gasteiger partial charge >= 0.3 is 0 Å². The van der Waals surface area contributed by atoms with Gasteiger partial charge in [0.25, 0.3) is 0 Å². The molecule has 1 aliphatic heterocycles. The number of thiophene rings is 1. The highest BCUT2D eigenvalue weighted by atomic mass is 32.1. The van der Waals surface area contributed by atoms with Gasteiger partial charge in [-0.25, -0.2) is 0 Å². The highest BCUT2D eigenvalue weighted by Crippen LogP contribution is 2.44. The number of rotatable bonds is 3. The van der Waals surface area contributed by atoms with Gasteiger partial charge < -0.3 is 10.6 Å². The van der Waals surface area contributed by atoms with Crippen molar-refractivity contribution in [2.24, 2.45) is 0 Å². The van der Waals surface area contributed by atoms with E-state index in [1.807, 2.05) is 12.1 Å². The van der Waals surface area contributed by atoms with Gasteiger partial charge in [-0.15, -0.1) is 11.3 Å². The molecular weight excluding hydrogens is 376 g/mol. The Balaban J connectivity index is 1.60. The summed E-state index contributed by atoms with van der Waals surface area (Å²) in [5.41, 5.74) is 6.46. The first-order valence-electron chi connectivity index (χ1n) is 10.2. The monoisotopic (exact) mass is 400 g/mol. The zero-order valence-electron chi connectivity index (χ0n) is 16.4. The summed E-state index contributed by atoms with van der Waals surface area (Å²) in [7, 11) is 0. The maximum absolute atomic E-state index is 13.4. The first kappa shape index (κ1) is 18.2. The van der Waals surface area contributed by atoms with Crippen LogP contribution < -0.4 is 10.6 Å². The van der Waals surface area contributed by atoms with E-state index in [0.29, 0.717) is 6.42 Å². The van der Waals surface area contributed by atoms with Gasteiger partial charge in [0.05, 0.1) is 17.4 Å². The van der Waals surface area contributed by atoms with Gasteiger partial charge in [0.1, 0.15) is 0 Å². The minimum Gasteiger partial charge on any atom is -0.372 e. The van der Waals surface area contributed by atoms with Crippen molar-refractivity contribution < 1.29 is 4.79 Å². The van der Waals surface area contributed by atoms with Crippen LogP contribution in [-0.2, 0) is 11.2 Å². The van der Waals surface area contributed by atoms with Crippen LogP contribution in [0.4, 0.5) is 11.4 Å². The van der Waals surface area contributed by atoms with Gasteiger partial charge in [0.15, 0.2) is 5.78 Å². The molecule has 0 bridgehead atoms. The average Bonchev–Trinajstić information content (AvgIpc) is 3.23. The molecule has 29 heavy (non-hydrogen) atoms. The number of ketones is 1. The van der Waals surface area contributed by atoms with Crippen molar-refractivity contribution in [3.05, 3.63) is 93.3 Å². The van der Waals surface area contributed by atoms with Gasteiger partial charge in [-0.3, -0.25) is 4.79 Å². The molecule has 0 radical (unpaired) electrons. The number of para-hydroxylation sites is 2. The summed E-state index contributed by atoms with van der Waals surface area (Å²) >= 11 is 1.74. The van der Waals surface area contributed by atoms with Crippen LogP contribution in [0.1, 0.15) is 47.7 Å². The smallest absolute Gasteiger partial charge is 0.163 e. The Labute approximate surface area is 175 Å². The number of allylic oxidation sites excluding steroid dienone is 1. The van der Waals surface area contributed by atoms with Crippen molar-refractivity contribution in [3.8, 4) is 0 Å². The van der Waals surface area contributed by atoms with Crippen LogP contribution in [0.2, 0.25) is 0 Å². The van der Waals surface area contributed by atoms with E-state index in [-0.39, 0.29) is 17.7 Å². The number of nitrogens with one attached hydrogen (secondary N) is 2. The molecule has 2 aliphatic rings. The molecule has 0 unspecified atom stereocenters. The molecule has 3 nitrogen and oxygen atoms in total. The summed E-state index contributed by atoms with van der Waals surface area (Å²) in [5, 5.41) is 9.36. The lowest BCUT2D eigenvalue weighted by molar-refractivity contribution is -0.116. The van der Waals surface area contributed by atoms with E-state index in [4.69, 9.17) is 0 Å². The molecule has 0 spiro atoms. The number of Topliss-reactive ketones (excluding diaryl/α,β-unsaturated/α-hetero) is 1. The molecule has 1 aromatic heterocycles. The van der Waals surface area contributed by atoms with Gasteiger partial charge in [-0.05, 0) is 47.5 Å². The fraction of sp³-hybridized carbons (Fsp3) is 0.240. The second-order valence-corrected chi connectivity index (χ2v) is 8.76. The molecule has 4 heteroatoms. The summed E-state index contributed by atoms with van der Waals surface area (Å²) in [6.45, 7) is 2.16. The van der Waals surface area contributed by atoms with E-state index >= 15 is 0 Å². The van der Waals surface area contributed by atoms with Gasteiger partial charge in [-0.1, -0.05) is 49.4 Å². The maximum Gasteiger partial charge on any atom is 0.163 e. The maximum atomic E-state index is 13.4. The van der Waals surface area contributed by atoms with Crippen LogP contribution in [-0.4, -0.2) is 5.78 Å². The number of aryl methyl sites for hydroxylation is 1. The summed E-state index contributed by atoms with van der Waals surface area (Å²) in [5.74, 6) is 0.490. The minimum atomic E-state index is -0.135. The number of anilines is 2. The number of benzene rings is 2. The molecule has 3 aromatic rings. The lowest BCUT2D eigenvalue weighted by atomic mass is 9.80. The van der Waals surface area contributed by atoms with Crippen molar-refractivity contribution in [2.45, 2.75) is 38.1 Å². The Morgan fingerprint density at radius 3 is 2.48 bits per heavy atom. The first-order valence-corrected chi connectivity index (χ1v) is 11.1. The molecule has 1 aliphatic carbocycles. The Morgan fingerprint density at radius 2 is 1.76 bits per heavy atom. The summed E-state index contributed by atoms with van der Waals surface area (Å²) in [4.78, 5) is 14.7. The number of hydrogen-bond donors (Lipinski definition) is 2. The van der Waals surface area contributed by atoms with Crippen LogP contribution >= 0.6 is 11.3 Å². The molecule has 146 valence electrons. The minimum absolute atomic E-state index is 0.135. The van der Waals surface area contributed by atoms with Crippen molar-refractivity contribution in [3.63, 3.8) is 0 Å².